The Labute approximate surface area is 120 Å². The number of hydrogen-bond acceptors (Lipinski definition) is 4. The molecule has 1 N–H and O–H groups in total. The van der Waals surface area contributed by atoms with Crippen molar-refractivity contribution in [1.29, 1.82) is 0 Å². The lowest BCUT2D eigenvalue weighted by atomic mass is 10.2. The standard InChI is InChI=1S/C15H25N3O2/c1-5-18-8-6-7-12(18)9-16-14(19)13-11(4)20-15(17-13)10(2)3/h10,12H,5-9H2,1-4H3,(H,16,19)/t12-/m1/s1. The Hall–Kier alpha value is -1.36. The second-order valence-electron chi connectivity index (χ2n) is 5.75. The first kappa shape index (κ1) is 15.0. The molecule has 1 aromatic heterocycles. The van der Waals surface area contributed by atoms with Gasteiger partial charge in [-0.05, 0) is 32.9 Å². The van der Waals surface area contributed by atoms with Gasteiger partial charge in [0.05, 0.1) is 0 Å². The predicted molar refractivity (Wildman–Crippen MR) is 77.9 cm³/mol. The second-order valence-corrected chi connectivity index (χ2v) is 5.75. The van der Waals surface area contributed by atoms with Crippen molar-refractivity contribution in [2.75, 3.05) is 19.6 Å². The van der Waals surface area contributed by atoms with E-state index in [1.54, 1.807) is 6.92 Å². The summed E-state index contributed by atoms with van der Waals surface area (Å²) < 4.78 is 5.53. The zero-order valence-electron chi connectivity index (χ0n) is 12.9. The summed E-state index contributed by atoms with van der Waals surface area (Å²) in [5.74, 6) is 1.30. The van der Waals surface area contributed by atoms with Crippen LogP contribution >= 0.6 is 0 Å². The first-order chi connectivity index (χ1) is 9.52. The van der Waals surface area contributed by atoms with Gasteiger partial charge in [0.15, 0.2) is 11.6 Å². The lowest BCUT2D eigenvalue weighted by Crippen LogP contribution is -2.40. The van der Waals surface area contributed by atoms with E-state index < -0.39 is 0 Å². The molecule has 5 heteroatoms. The van der Waals surface area contributed by atoms with Crippen LogP contribution in [0.15, 0.2) is 4.42 Å². The minimum Gasteiger partial charge on any atom is -0.445 e. The average Bonchev–Trinajstić information content (AvgIpc) is 3.01. The molecule has 0 radical (unpaired) electrons. The highest BCUT2D eigenvalue weighted by molar-refractivity contribution is 5.93. The Morgan fingerprint density at radius 2 is 2.30 bits per heavy atom. The molecule has 0 bridgehead atoms. The van der Waals surface area contributed by atoms with Crippen LogP contribution in [0.5, 0.6) is 0 Å². The van der Waals surface area contributed by atoms with E-state index >= 15 is 0 Å². The summed E-state index contributed by atoms with van der Waals surface area (Å²) in [5, 5.41) is 3.00. The van der Waals surface area contributed by atoms with Gasteiger partial charge in [-0.1, -0.05) is 20.8 Å². The van der Waals surface area contributed by atoms with Crippen molar-refractivity contribution in [2.45, 2.75) is 52.5 Å². The van der Waals surface area contributed by atoms with Gasteiger partial charge in [-0.15, -0.1) is 0 Å². The van der Waals surface area contributed by atoms with Crippen molar-refractivity contribution < 1.29 is 9.21 Å². The van der Waals surface area contributed by atoms with E-state index in [9.17, 15) is 4.79 Å². The minimum absolute atomic E-state index is 0.124. The van der Waals surface area contributed by atoms with Gasteiger partial charge in [0.2, 0.25) is 0 Å². The molecule has 1 saturated heterocycles. The molecule has 0 spiro atoms. The molecule has 2 heterocycles. The number of aryl methyl sites for hydroxylation is 1. The highest BCUT2D eigenvalue weighted by Gasteiger charge is 2.24. The molecular weight excluding hydrogens is 254 g/mol. The summed E-state index contributed by atoms with van der Waals surface area (Å²) in [6.45, 7) is 10.8. The third-order valence-corrected chi connectivity index (χ3v) is 3.93. The summed E-state index contributed by atoms with van der Waals surface area (Å²) in [6, 6.07) is 0.459. The maximum atomic E-state index is 12.2. The van der Waals surface area contributed by atoms with Crippen LogP contribution in [0, 0.1) is 6.92 Å². The van der Waals surface area contributed by atoms with Gasteiger partial charge in [0.1, 0.15) is 5.76 Å². The summed E-state index contributed by atoms with van der Waals surface area (Å²) in [6.07, 6.45) is 2.37. The topological polar surface area (TPSA) is 58.4 Å². The SMILES string of the molecule is CCN1CCC[C@@H]1CNC(=O)c1nc(C(C)C)oc1C. The number of nitrogens with one attached hydrogen (secondary N) is 1. The van der Waals surface area contributed by atoms with Crippen molar-refractivity contribution in [3.63, 3.8) is 0 Å². The average molecular weight is 279 g/mol. The molecule has 1 atom stereocenters. The smallest absolute Gasteiger partial charge is 0.273 e. The number of oxazole rings is 1. The molecule has 112 valence electrons. The lowest BCUT2D eigenvalue weighted by molar-refractivity contribution is 0.0935. The lowest BCUT2D eigenvalue weighted by Gasteiger charge is -2.22. The van der Waals surface area contributed by atoms with E-state index in [-0.39, 0.29) is 11.8 Å². The van der Waals surface area contributed by atoms with Crippen LogP contribution in [0.3, 0.4) is 0 Å². The van der Waals surface area contributed by atoms with Crippen molar-refractivity contribution in [3.05, 3.63) is 17.3 Å². The third-order valence-electron chi connectivity index (χ3n) is 3.93. The third kappa shape index (κ3) is 3.20. The Bertz CT molecular complexity index is 468. The van der Waals surface area contributed by atoms with E-state index in [2.05, 4.69) is 22.1 Å². The van der Waals surface area contributed by atoms with Crippen LogP contribution in [0.2, 0.25) is 0 Å². The zero-order valence-corrected chi connectivity index (χ0v) is 12.9. The van der Waals surface area contributed by atoms with Crippen LogP contribution in [-0.2, 0) is 0 Å². The molecule has 5 nitrogen and oxygen atoms in total. The van der Waals surface area contributed by atoms with E-state index in [0.29, 0.717) is 29.9 Å². The fourth-order valence-corrected chi connectivity index (χ4v) is 2.71. The minimum atomic E-state index is -0.124. The number of hydrogen-bond donors (Lipinski definition) is 1. The van der Waals surface area contributed by atoms with Crippen molar-refractivity contribution in [1.82, 2.24) is 15.2 Å². The normalized spacial score (nSPS) is 19.8. The number of carbonyl (C=O) groups excluding carboxylic acids is 1. The van der Waals surface area contributed by atoms with Crippen LogP contribution < -0.4 is 5.32 Å². The molecule has 2 rings (SSSR count). The molecule has 0 aromatic carbocycles. The second kappa shape index (κ2) is 6.39. The Balaban J connectivity index is 1.95. The van der Waals surface area contributed by atoms with Crippen molar-refractivity contribution in [2.24, 2.45) is 0 Å². The molecule has 0 unspecified atom stereocenters. The van der Waals surface area contributed by atoms with Crippen LogP contribution in [0.25, 0.3) is 0 Å². The highest BCUT2D eigenvalue weighted by Crippen LogP contribution is 2.18. The Morgan fingerprint density at radius 3 is 2.90 bits per heavy atom. The maximum Gasteiger partial charge on any atom is 0.273 e. The summed E-state index contributed by atoms with van der Waals surface area (Å²) >= 11 is 0. The monoisotopic (exact) mass is 279 g/mol. The van der Waals surface area contributed by atoms with E-state index in [1.807, 2.05) is 13.8 Å². The number of rotatable bonds is 5. The van der Waals surface area contributed by atoms with Gasteiger partial charge >= 0.3 is 0 Å². The molecule has 20 heavy (non-hydrogen) atoms. The van der Waals surface area contributed by atoms with E-state index in [4.69, 9.17) is 4.42 Å². The van der Waals surface area contributed by atoms with E-state index in [0.717, 1.165) is 19.5 Å². The molecule has 1 fully saturated rings. The molecule has 0 aliphatic carbocycles. The molecule has 1 aromatic rings. The number of nitrogens with zero attached hydrogens (tertiary/aromatic N) is 2. The van der Waals surface area contributed by atoms with Crippen molar-refractivity contribution in [3.8, 4) is 0 Å². The summed E-state index contributed by atoms with van der Waals surface area (Å²) in [4.78, 5) is 18.9. The maximum absolute atomic E-state index is 12.2. The number of likely N-dealkylation sites (tertiary alicyclic amines) is 1. The Morgan fingerprint density at radius 1 is 1.55 bits per heavy atom. The molecular formula is C15H25N3O2. The predicted octanol–water partition coefficient (Wildman–Crippen LogP) is 2.32. The first-order valence-corrected chi connectivity index (χ1v) is 7.52. The number of amides is 1. The van der Waals surface area contributed by atoms with Gasteiger partial charge in [-0.2, -0.15) is 0 Å². The first-order valence-electron chi connectivity index (χ1n) is 7.52. The zero-order chi connectivity index (χ0) is 14.7. The summed E-state index contributed by atoms with van der Waals surface area (Å²) in [7, 11) is 0. The molecule has 1 aliphatic rings. The molecule has 0 saturated carbocycles. The van der Waals surface area contributed by atoms with Gasteiger partial charge < -0.3 is 9.73 Å². The van der Waals surface area contributed by atoms with Crippen LogP contribution in [0.1, 0.15) is 61.7 Å². The molecule has 1 aliphatic heterocycles. The fraction of sp³-hybridized carbons (Fsp3) is 0.733. The van der Waals surface area contributed by atoms with Crippen LogP contribution in [0.4, 0.5) is 0 Å². The van der Waals surface area contributed by atoms with Crippen molar-refractivity contribution >= 4 is 5.91 Å². The summed E-state index contributed by atoms with van der Waals surface area (Å²) in [5.41, 5.74) is 0.426. The number of carbonyl (C=O) groups is 1. The quantitative estimate of drug-likeness (QED) is 0.898. The van der Waals surface area contributed by atoms with Gasteiger partial charge in [-0.3, -0.25) is 9.69 Å². The number of aromatic nitrogens is 1. The fourth-order valence-electron chi connectivity index (χ4n) is 2.71. The number of likely N-dealkylation sites (N-methyl/N-ethyl adjacent to an activating group) is 1. The highest BCUT2D eigenvalue weighted by atomic mass is 16.4. The van der Waals surface area contributed by atoms with Gasteiger partial charge in [0.25, 0.3) is 5.91 Å². The van der Waals surface area contributed by atoms with Gasteiger partial charge in [0, 0.05) is 18.5 Å². The molecule has 1 amide bonds. The van der Waals surface area contributed by atoms with Crippen LogP contribution in [-0.4, -0.2) is 41.5 Å². The van der Waals surface area contributed by atoms with Gasteiger partial charge in [-0.25, -0.2) is 4.98 Å². The van der Waals surface area contributed by atoms with E-state index in [1.165, 1.54) is 6.42 Å². The Kier molecular flexibility index (Phi) is 4.81. The largest absolute Gasteiger partial charge is 0.445 e.